The SMILES string of the molecule is CCOC(=O)C[C@@H](c1ccc2c(c1)OCC2)N(Cc1ccccc1)[C@H](C)c1ccccc1. The van der Waals surface area contributed by atoms with Gasteiger partial charge in [0.15, 0.2) is 0 Å². The second kappa shape index (κ2) is 10.5. The molecule has 3 aromatic carbocycles. The highest BCUT2D eigenvalue weighted by Gasteiger charge is 2.30. The molecule has 0 bridgehead atoms. The lowest BCUT2D eigenvalue weighted by molar-refractivity contribution is -0.145. The number of rotatable bonds is 9. The van der Waals surface area contributed by atoms with E-state index in [4.69, 9.17) is 9.47 Å². The summed E-state index contributed by atoms with van der Waals surface area (Å²) in [6.45, 7) is 5.88. The van der Waals surface area contributed by atoms with Crippen molar-refractivity contribution in [2.75, 3.05) is 13.2 Å². The number of ether oxygens (including phenoxy) is 2. The third-order valence-corrected chi connectivity index (χ3v) is 6.16. The lowest BCUT2D eigenvalue weighted by Crippen LogP contribution is -2.33. The van der Waals surface area contributed by atoms with Crippen LogP contribution in [0.15, 0.2) is 78.9 Å². The van der Waals surface area contributed by atoms with E-state index in [1.165, 1.54) is 16.7 Å². The van der Waals surface area contributed by atoms with Crippen molar-refractivity contribution in [1.82, 2.24) is 4.90 Å². The summed E-state index contributed by atoms with van der Waals surface area (Å²) in [6.07, 6.45) is 1.23. The summed E-state index contributed by atoms with van der Waals surface area (Å²) in [5.41, 5.74) is 4.74. The van der Waals surface area contributed by atoms with Crippen LogP contribution < -0.4 is 4.74 Å². The monoisotopic (exact) mass is 429 g/mol. The highest BCUT2D eigenvalue weighted by molar-refractivity contribution is 5.70. The Kier molecular flexibility index (Phi) is 7.23. The maximum absolute atomic E-state index is 12.7. The third-order valence-electron chi connectivity index (χ3n) is 6.16. The maximum Gasteiger partial charge on any atom is 0.307 e. The predicted molar refractivity (Wildman–Crippen MR) is 126 cm³/mol. The van der Waals surface area contributed by atoms with Gasteiger partial charge in [-0.1, -0.05) is 72.8 Å². The minimum atomic E-state index is -0.183. The second-order valence-electron chi connectivity index (χ2n) is 8.24. The zero-order valence-electron chi connectivity index (χ0n) is 18.9. The van der Waals surface area contributed by atoms with Gasteiger partial charge in [0.05, 0.1) is 19.6 Å². The summed E-state index contributed by atoms with van der Waals surface area (Å²) >= 11 is 0. The Labute approximate surface area is 190 Å². The molecule has 1 heterocycles. The first-order valence-electron chi connectivity index (χ1n) is 11.4. The van der Waals surface area contributed by atoms with Crippen molar-refractivity contribution in [3.63, 3.8) is 0 Å². The molecule has 0 unspecified atom stereocenters. The minimum Gasteiger partial charge on any atom is -0.493 e. The molecule has 4 rings (SSSR count). The van der Waals surface area contributed by atoms with E-state index in [-0.39, 0.29) is 24.5 Å². The molecule has 0 radical (unpaired) electrons. The first-order chi connectivity index (χ1) is 15.7. The molecular weight excluding hydrogens is 398 g/mol. The molecule has 0 fully saturated rings. The molecule has 0 saturated heterocycles. The molecular formula is C28H31NO3. The lowest BCUT2D eigenvalue weighted by atomic mass is 9.95. The summed E-state index contributed by atoms with van der Waals surface area (Å²) < 4.78 is 11.2. The Hall–Kier alpha value is -3.11. The largest absolute Gasteiger partial charge is 0.493 e. The second-order valence-corrected chi connectivity index (χ2v) is 8.24. The fourth-order valence-corrected chi connectivity index (χ4v) is 4.43. The molecule has 0 amide bonds. The number of hydrogen-bond acceptors (Lipinski definition) is 4. The van der Waals surface area contributed by atoms with Gasteiger partial charge >= 0.3 is 5.97 Å². The van der Waals surface area contributed by atoms with Crippen molar-refractivity contribution in [3.8, 4) is 5.75 Å². The molecule has 2 atom stereocenters. The van der Waals surface area contributed by atoms with E-state index in [2.05, 4.69) is 78.6 Å². The molecule has 166 valence electrons. The zero-order chi connectivity index (χ0) is 22.3. The Morgan fingerprint density at radius 3 is 2.44 bits per heavy atom. The topological polar surface area (TPSA) is 38.8 Å². The van der Waals surface area contributed by atoms with Crippen molar-refractivity contribution >= 4 is 5.97 Å². The molecule has 0 spiro atoms. The summed E-state index contributed by atoms with van der Waals surface area (Å²) in [7, 11) is 0. The Morgan fingerprint density at radius 2 is 1.72 bits per heavy atom. The molecule has 4 heteroatoms. The number of carbonyl (C=O) groups is 1. The van der Waals surface area contributed by atoms with E-state index in [1.807, 2.05) is 19.1 Å². The van der Waals surface area contributed by atoms with Crippen molar-refractivity contribution in [1.29, 1.82) is 0 Å². The van der Waals surface area contributed by atoms with Crippen LogP contribution in [0.25, 0.3) is 0 Å². The van der Waals surface area contributed by atoms with Gasteiger partial charge in [-0.25, -0.2) is 0 Å². The summed E-state index contributed by atoms with van der Waals surface area (Å²) in [5.74, 6) is 0.751. The average molecular weight is 430 g/mol. The van der Waals surface area contributed by atoms with Gasteiger partial charge in [0.25, 0.3) is 0 Å². The third kappa shape index (κ3) is 5.20. The average Bonchev–Trinajstić information content (AvgIpc) is 3.30. The number of hydrogen-bond donors (Lipinski definition) is 0. The minimum absolute atomic E-state index is 0.102. The summed E-state index contributed by atoms with van der Waals surface area (Å²) in [4.78, 5) is 15.1. The quantitative estimate of drug-likeness (QED) is 0.398. The fraction of sp³-hybridized carbons (Fsp3) is 0.321. The molecule has 0 saturated carbocycles. The smallest absolute Gasteiger partial charge is 0.307 e. The van der Waals surface area contributed by atoms with Crippen LogP contribution in [0.5, 0.6) is 5.75 Å². The van der Waals surface area contributed by atoms with Gasteiger partial charge in [-0.2, -0.15) is 0 Å². The first kappa shape index (κ1) is 22.1. The number of benzene rings is 3. The fourth-order valence-electron chi connectivity index (χ4n) is 4.43. The Balaban J connectivity index is 1.74. The molecule has 0 N–H and O–H groups in total. The Morgan fingerprint density at radius 1 is 1.00 bits per heavy atom. The van der Waals surface area contributed by atoms with E-state index in [9.17, 15) is 4.79 Å². The Bertz CT molecular complexity index is 1020. The molecule has 4 nitrogen and oxygen atoms in total. The van der Waals surface area contributed by atoms with Crippen LogP contribution in [0, 0.1) is 0 Å². The van der Waals surface area contributed by atoms with Crippen LogP contribution in [0.4, 0.5) is 0 Å². The van der Waals surface area contributed by atoms with Gasteiger partial charge in [-0.05, 0) is 42.2 Å². The van der Waals surface area contributed by atoms with Crippen LogP contribution in [0.1, 0.15) is 54.6 Å². The first-order valence-corrected chi connectivity index (χ1v) is 11.4. The van der Waals surface area contributed by atoms with Gasteiger partial charge < -0.3 is 9.47 Å². The van der Waals surface area contributed by atoms with E-state index in [0.29, 0.717) is 6.61 Å². The van der Waals surface area contributed by atoms with Crippen molar-refractivity contribution in [2.24, 2.45) is 0 Å². The van der Waals surface area contributed by atoms with E-state index in [0.717, 1.165) is 30.9 Å². The standard InChI is InChI=1S/C28H31NO3/c1-3-31-28(30)19-26(25-15-14-24-16-17-32-27(24)18-25)29(20-22-10-6-4-7-11-22)21(2)23-12-8-5-9-13-23/h4-15,18,21,26H,3,16-17,19-20H2,1-2H3/t21-,26+/m1/s1. The molecule has 1 aliphatic rings. The lowest BCUT2D eigenvalue weighted by Gasteiger charge is -2.37. The molecule has 32 heavy (non-hydrogen) atoms. The molecule has 1 aliphatic heterocycles. The van der Waals surface area contributed by atoms with Crippen LogP contribution in [-0.2, 0) is 22.5 Å². The molecule has 3 aromatic rings. The number of carbonyl (C=O) groups excluding carboxylic acids is 1. The normalized spacial score (nSPS) is 14.5. The zero-order valence-corrected chi connectivity index (χ0v) is 18.9. The highest BCUT2D eigenvalue weighted by atomic mass is 16.5. The van der Waals surface area contributed by atoms with Gasteiger partial charge in [0.1, 0.15) is 5.75 Å². The van der Waals surface area contributed by atoms with Crippen molar-refractivity contribution in [2.45, 2.75) is 45.3 Å². The van der Waals surface area contributed by atoms with Gasteiger partial charge in [-0.15, -0.1) is 0 Å². The molecule has 0 aliphatic carbocycles. The summed E-state index contributed by atoms with van der Waals surface area (Å²) in [5, 5.41) is 0. The van der Waals surface area contributed by atoms with Crippen LogP contribution >= 0.6 is 0 Å². The van der Waals surface area contributed by atoms with E-state index >= 15 is 0 Å². The van der Waals surface area contributed by atoms with Crippen LogP contribution in [0.2, 0.25) is 0 Å². The number of esters is 1. The van der Waals surface area contributed by atoms with Gasteiger partial charge in [-0.3, -0.25) is 9.69 Å². The van der Waals surface area contributed by atoms with Crippen LogP contribution in [0.3, 0.4) is 0 Å². The van der Waals surface area contributed by atoms with Gasteiger partial charge in [0, 0.05) is 25.0 Å². The van der Waals surface area contributed by atoms with Gasteiger partial charge in [0.2, 0.25) is 0 Å². The highest BCUT2D eigenvalue weighted by Crippen LogP contribution is 2.37. The van der Waals surface area contributed by atoms with Crippen LogP contribution in [-0.4, -0.2) is 24.1 Å². The van der Waals surface area contributed by atoms with Crippen molar-refractivity contribution < 1.29 is 14.3 Å². The number of nitrogens with zero attached hydrogens (tertiary/aromatic N) is 1. The number of fused-ring (bicyclic) bond motifs is 1. The summed E-state index contributed by atoms with van der Waals surface area (Å²) in [6, 6.07) is 27.2. The van der Waals surface area contributed by atoms with Crippen molar-refractivity contribution in [3.05, 3.63) is 101 Å². The van der Waals surface area contributed by atoms with E-state index < -0.39 is 0 Å². The molecule has 0 aromatic heterocycles. The van der Waals surface area contributed by atoms with E-state index in [1.54, 1.807) is 0 Å². The predicted octanol–water partition coefficient (Wildman–Crippen LogP) is 5.88. The maximum atomic E-state index is 12.7.